The molecule has 0 radical (unpaired) electrons. The molecule has 3 heterocycles. The van der Waals surface area contributed by atoms with Crippen LogP contribution < -0.4 is 5.32 Å². The Bertz CT molecular complexity index is 317. The van der Waals surface area contributed by atoms with Crippen LogP contribution in [-0.2, 0) is 10.2 Å². The van der Waals surface area contributed by atoms with Crippen LogP contribution in [0.3, 0.4) is 0 Å². The van der Waals surface area contributed by atoms with Crippen LogP contribution >= 0.6 is 0 Å². The van der Waals surface area contributed by atoms with Gasteiger partial charge in [-0.15, -0.1) is 0 Å². The molecule has 3 rings (SSSR count). The van der Waals surface area contributed by atoms with Gasteiger partial charge in [0, 0.05) is 30.9 Å². The van der Waals surface area contributed by atoms with Gasteiger partial charge in [-0.3, -0.25) is 4.98 Å². The van der Waals surface area contributed by atoms with E-state index in [9.17, 15) is 0 Å². The van der Waals surface area contributed by atoms with Gasteiger partial charge in [0.2, 0.25) is 0 Å². The Labute approximate surface area is 83.5 Å². The number of hydrogen-bond acceptors (Lipinski definition) is 3. The van der Waals surface area contributed by atoms with Crippen LogP contribution in [0.4, 0.5) is 0 Å². The van der Waals surface area contributed by atoms with Gasteiger partial charge in [-0.2, -0.15) is 0 Å². The number of nitrogens with zero attached hydrogens (tertiary/aromatic N) is 1. The van der Waals surface area contributed by atoms with Crippen LogP contribution in [0.25, 0.3) is 0 Å². The van der Waals surface area contributed by atoms with Gasteiger partial charge in [0.05, 0.1) is 13.2 Å². The van der Waals surface area contributed by atoms with E-state index in [0.717, 1.165) is 32.2 Å². The molecule has 2 fully saturated rings. The van der Waals surface area contributed by atoms with Crippen molar-refractivity contribution in [1.29, 1.82) is 0 Å². The van der Waals surface area contributed by atoms with Crippen molar-refractivity contribution in [3.63, 3.8) is 0 Å². The summed E-state index contributed by atoms with van der Waals surface area (Å²) < 4.78 is 5.40. The zero-order valence-electron chi connectivity index (χ0n) is 8.07. The minimum Gasteiger partial charge on any atom is -0.379 e. The summed E-state index contributed by atoms with van der Waals surface area (Å²) in [5.74, 6) is 0.749. The van der Waals surface area contributed by atoms with Gasteiger partial charge in [-0.25, -0.2) is 0 Å². The van der Waals surface area contributed by atoms with E-state index in [4.69, 9.17) is 4.74 Å². The molecule has 1 N–H and O–H groups in total. The average Bonchev–Trinajstić information content (AvgIpc) is 2.09. The zero-order chi connectivity index (χ0) is 9.43. The van der Waals surface area contributed by atoms with Crippen LogP contribution in [0.5, 0.6) is 0 Å². The van der Waals surface area contributed by atoms with Crippen molar-refractivity contribution in [1.82, 2.24) is 10.3 Å². The maximum Gasteiger partial charge on any atom is 0.0589 e. The summed E-state index contributed by atoms with van der Waals surface area (Å²) in [5, 5.41) is 3.33. The van der Waals surface area contributed by atoms with Gasteiger partial charge >= 0.3 is 0 Å². The second-order valence-corrected chi connectivity index (χ2v) is 4.24. The Kier molecular flexibility index (Phi) is 1.82. The van der Waals surface area contributed by atoms with Crippen molar-refractivity contribution >= 4 is 0 Å². The molecule has 2 saturated heterocycles. The van der Waals surface area contributed by atoms with Crippen LogP contribution in [0.1, 0.15) is 5.56 Å². The van der Waals surface area contributed by atoms with E-state index in [0.29, 0.717) is 0 Å². The molecule has 3 nitrogen and oxygen atoms in total. The lowest BCUT2D eigenvalue weighted by Gasteiger charge is -2.51. The lowest BCUT2D eigenvalue weighted by atomic mass is 9.66. The first-order valence-electron chi connectivity index (χ1n) is 5.11. The molecule has 0 atom stereocenters. The second-order valence-electron chi connectivity index (χ2n) is 4.24. The van der Waals surface area contributed by atoms with Gasteiger partial charge in [-0.05, 0) is 23.6 Å². The van der Waals surface area contributed by atoms with Gasteiger partial charge in [-0.1, -0.05) is 0 Å². The van der Waals surface area contributed by atoms with E-state index in [1.165, 1.54) is 5.56 Å². The Balaban J connectivity index is 1.93. The second kappa shape index (κ2) is 3.04. The highest BCUT2D eigenvalue weighted by Crippen LogP contribution is 2.40. The molecule has 0 unspecified atom stereocenters. The van der Waals surface area contributed by atoms with E-state index in [1.807, 2.05) is 12.4 Å². The molecule has 1 aromatic heterocycles. The molecule has 0 aromatic carbocycles. The highest BCUT2D eigenvalue weighted by molar-refractivity contribution is 5.28. The monoisotopic (exact) mass is 190 g/mol. The lowest BCUT2D eigenvalue weighted by Crippen LogP contribution is -2.62. The van der Waals surface area contributed by atoms with E-state index >= 15 is 0 Å². The third kappa shape index (κ3) is 1.03. The van der Waals surface area contributed by atoms with Gasteiger partial charge < -0.3 is 10.1 Å². The molecule has 3 heteroatoms. The molecular formula is C11H14N2O. The maximum atomic E-state index is 5.40. The first-order chi connectivity index (χ1) is 6.92. The lowest BCUT2D eigenvalue weighted by molar-refractivity contribution is -0.101. The number of aromatic nitrogens is 1. The van der Waals surface area contributed by atoms with E-state index in [-0.39, 0.29) is 5.41 Å². The Morgan fingerprint density at radius 1 is 1.29 bits per heavy atom. The fourth-order valence-corrected chi connectivity index (χ4v) is 2.32. The van der Waals surface area contributed by atoms with E-state index < -0.39 is 0 Å². The Morgan fingerprint density at radius 3 is 2.43 bits per heavy atom. The third-order valence-electron chi connectivity index (χ3n) is 3.54. The minimum atomic E-state index is 0.286. The summed E-state index contributed by atoms with van der Waals surface area (Å²) in [4.78, 5) is 4.06. The van der Waals surface area contributed by atoms with Crippen molar-refractivity contribution in [3.8, 4) is 0 Å². The number of rotatable bonds is 2. The zero-order valence-corrected chi connectivity index (χ0v) is 8.07. The smallest absolute Gasteiger partial charge is 0.0589 e. The minimum absolute atomic E-state index is 0.286. The molecule has 0 aliphatic carbocycles. The highest BCUT2D eigenvalue weighted by atomic mass is 16.5. The van der Waals surface area contributed by atoms with Gasteiger partial charge in [0.25, 0.3) is 0 Å². The summed E-state index contributed by atoms with van der Waals surface area (Å²) in [7, 11) is 0. The topological polar surface area (TPSA) is 34.1 Å². The van der Waals surface area contributed by atoms with E-state index in [2.05, 4.69) is 22.4 Å². The molecule has 74 valence electrons. The Hall–Kier alpha value is -0.930. The average molecular weight is 190 g/mol. The van der Waals surface area contributed by atoms with Crippen LogP contribution in [0.15, 0.2) is 24.5 Å². The van der Waals surface area contributed by atoms with Crippen LogP contribution in [-0.4, -0.2) is 31.3 Å². The van der Waals surface area contributed by atoms with Crippen molar-refractivity contribution in [2.45, 2.75) is 5.41 Å². The predicted octanol–water partition coefficient (Wildman–Crippen LogP) is 0.569. The van der Waals surface area contributed by atoms with Crippen LogP contribution in [0.2, 0.25) is 0 Å². The Morgan fingerprint density at radius 2 is 2.00 bits per heavy atom. The summed E-state index contributed by atoms with van der Waals surface area (Å²) in [6, 6.07) is 4.25. The quantitative estimate of drug-likeness (QED) is 0.740. The predicted molar refractivity (Wildman–Crippen MR) is 53.1 cm³/mol. The first kappa shape index (κ1) is 8.38. The first-order valence-corrected chi connectivity index (χ1v) is 5.11. The van der Waals surface area contributed by atoms with E-state index in [1.54, 1.807) is 0 Å². The van der Waals surface area contributed by atoms with Crippen molar-refractivity contribution in [2.24, 2.45) is 5.92 Å². The highest BCUT2D eigenvalue weighted by Gasteiger charge is 2.49. The molecule has 0 spiro atoms. The van der Waals surface area contributed by atoms with Gasteiger partial charge in [0.15, 0.2) is 0 Å². The number of pyridine rings is 1. The molecule has 0 amide bonds. The van der Waals surface area contributed by atoms with Crippen LogP contribution in [0, 0.1) is 5.92 Å². The number of ether oxygens (including phenoxy) is 1. The molecule has 0 saturated carbocycles. The summed E-state index contributed by atoms with van der Waals surface area (Å²) in [6.07, 6.45) is 3.75. The normalized spacial score (nSPS) is 25.1. The molecule has 2 aliphatic rings. The SMILES string of the molecule is c1cc(C2(C3CNC3)COC2)ccn1. The molecular weight excluding hydrogens is 176 g/mol. The molecule has 0 bridgehead atoms. The van der Waals surface area contributed by atoms with Gasteiger partial charge in [0.1, 0.15) is 0 Å². The summed E-state index contributed by atoms with van der Waals surface area (Å²) in [6.45, 7) is 4.02. The number of hydrogen-bond donors (Lipinski definition) is 1. The van der Waals surface area contributed by atoms with Crippen molar-refractivity contribution in [2.75, 3.05) is 26.3 Å². The summed E-state index contributed by atoms with van der Waals surface area (Å²) in [5.41, 5.74) is 1.68. The maximum absolute atomic E-state index is 5.40. The molecule has 2 aliphatic heterocycles. The largest absolute Gasteiger partial charge is 0.379 e. The standard InChI is InChI=1S/C11H14N2O/c1-3-12-4-2-9(1)11(7-14-8-11)10-5-13-6-10/h1-4,10,13H,5-8H2. The molecule has 1 aromatic rings. The van der Waals surface area contributed by atoms with Crippen molar-refractivity contribution < 1.29 is 4.74 Å². The fourth-order valence-electron chi connectivity index (χ4n) is 2.32. The fraction of sp³-hybridized carbons (Fsp3) is 0.545. The molecule has 14 heavy (non-hydrogen) atoms. The number of nitrogens with one attached hydrogen (secondary N) is 1. The van der Waals surface area contributed by atoms with Crippen molar-refractivity contribution in [3.05, 3.63) is 30.1 Å². The summed E-state index contributed by atoms with van der Waals surface area (Å²) >= 11 is 0. The third-order valence-corrected chi connectivity index (χ3v) is 3.54.